The molecule has 68 valence electrons. The van der Waals surface area contributed by atoms with Crippen LogP contribution in [0.3, 0.4) is 0 Å². The van der Waals surface area contributed by atoms with Crippen LogP contribution in [0.1, 0.15) is 20.8 Å². The van der Waals surface area contributed by atoms with Crippen molar-refractivity contribution in [3.8, 4) is 0 Å². The highest BCUT2D eigenvalue weighted by atomic mass is 19.4. The second-order valence-electron chi connectivity index (χ2n) is 3.64. The third-order valence-corrected chi connectivity index (χ3v) is 1.62. The molecule has 0 amide bonds. The third-order valence-electron chi connectivity index (χ3n) is 1.62. The smallest absolute Gasteiger partial charge is 0.394 e. The predicted octanol–water partition coefficient (Wildman–Crippen LogP) is 2.20. The van der Waals surface area contributed by atoms with Crippen molar-refractivity contribution in [2.45, 2.75) is 26.9 Å². The lowest BCUT2D eigenvalue weighted by molar-refractivity contribution is -0.209. The molecular formula is C7H13F3O. The van der Waals surface area contributed by atoms with E-state index in [4.69, 9.17) is 5.11 Å². The summed E-state index contributed by atoms with van der Waals surface area (Å²) in [5, 5.41) is 8.48. The van der Waals surface area contributed by atoms with Gasteiger partial charge in [-0.1, -0.05) is 20.8 Å². The number of aliphatic hydroxyl groups excluding tert-OH is 1. The molecule has 4 heteroatoms. The summed E-state index contributed by atoms with van der Waals surface area (Å²) in [6.45, 7) is 3.54. The van der Waals surface area contributed by atoms with Gasteiger partial charge in [-0.05, 0) is 5.41 Å². The summed E-state index contributed by atoms with van der Waals surface area (Å²) in [6.07, 6.45) is -4.30. The summed E-state index contributed by atoms with van der Waals surface area (Å²) in [5.41, 5.74) is -0.924. The molecule has 0 rings (SSSR count). The Kier molecular flexibility index (Phi) is 2.94. The van der Waals surface area contributed by atoms with Crippen LogP contribution in [0, 0.1) is 11.3 Å². The van der Waals surface area contributed by atoms with Crippen molar-refractivity contribution in [1.29, 1.82) is 0 Å². The fourth-order valence-corrected chi connectivity index (χ4v) is 0.868. The van der Waals surface area contributed by atoms with E-state index in [2.05, 4.69) is 0 Å². The van der Waals surface area contributed by atoms with Gasteiger partial charge in [0.05, 0.1) is 12.5 Å². The Morgan fingerprint density at radius 2 is 1.55 bits per heavy atom. The number of rotatable bonds is 1. The number of halogens is 3. The predicted molar refractivity (Wildman–Crippen MR) is 36.1 cm³/mol. The Morgan fingerprint density at radius 3 is 1.55 bits per heavy atom. The lowest BCUT2D eigenvalue weighted by Gasteiger charge is -2.30. The van der Waals surface area contributed by atoms with Gasteiger partial charge >= 0.3 is 6.18 Å². The van der Waals surface area contributed by atoms with E-state index in [0.29, 0.717) is 0 Å². The van der Waals surface area contributed by atoms with E-state index in [1.54, 1.807) is 0 Å². The van der Waals surface area contributed by atoms with Crippen LogP contribution in [0.2, 0.25) is 0 Å². The summed E-state index contributed by atoms with van der Waals surface area (Å²) < 4.78 is 36.2. The zero-order valence-corrected chi connectivity index (χ0v) is 6.87. The van der Waals surface area contributed by atoms with Gasteiger partial charge in [0, 0.05) is 0 Å². The number of alkyl halides is 3. The monoisotopic (exact) mass is 170 g/mol. The molecule has 1 unspecified atom stereocenters. The summed E-state index contributed by atoms with van der Waals surface area (Å²) in [7, 11) is 0. The molecule has 0 aliphatic heterocycles. The van der Waals surface area contributed by atoms with E-state index in [0.717, 1.165) is 0 Å². The number of aliphatic hydroxyl groups is 1. The normalized spacial score (nSPS) is 16.6. The Bertz CT molecular complexity index is 109. The molecule has 1 atom stereocenters. The summed E-state index contributed by atoms with van der Waals surface area (Å²) in [4.78, 5) is 0. The Labute approximate surface area is 64.2 Å². The second-order valence-corrected chi connectivity index (χ2v) is 3.64. The SMILES string of the molecule is CC(C)(C)C(CO)C(F)(F)F. The van der Waals surface area contributed by atoms with Gasteiger partial charge in [0.15, 0.2) is 0 Å². The van der Waals surface area contributed by atoms with Crippen molar-refractivity contribution in [2.75, 3.05) is 6.61 Å². The topological polar surface area (TPSA) is 20.2 Å². The first kappa shape index (κ1) is 10.8. The molecule has 0 aromatic carbocycles. The first-order chi connectivity index (χ1) is 4.69. The van der Waals surface area contributed by atoms with Crippen LogP contribution in [0.4, 0.5) is 13.2 Å². The molecule has 0 aliphatic carbocycles. The molecular weight excluding hydrogens is 157 g/mol. The van der Waals surface area contributed by atoms with Crippen LogP contribution in [-0.2, 0) is 0 Å². The summed E-state index contributed by atoms with van der Waals surface area (Å²) in [6, 6.07) is 0. The highest BCUT2D eigenvalue weighted by Crippen LogP contribution is 2.38. The Hall–Kier alpha value is -0.250. The van der Waals surface area contributed by atoms with Crippen molar-refractivity contribution in [3.63, 3.8) is 0 Å². The highest BCUT2D eigenvalue weighted by molar-refractivity contribution is 4.78. The molecule has 0 saturated heterocycles. The molecule has 1 nitrogen and oxygen atoms in total. The molecule has 0 aliphatic rings. The van der Waals surface area contributed by atoms with Gasteiger partial charge in [-0.15, -0.1) is 0 Å². The minimum atomic E-state index is -4.30. The van der Waals surface area contributed by atoms with Crippen molar-refractivity contribution < 1.29 is 18.3 Å². The van der Waals surface area contributed by atoms with E-state index in [9.17, 15) is 13.2 Å². The van der Waals surface area contributed by atoms with E-state index < -0.39 is 24.1 Å². The minimum Gasteiger partial charge on any atom is -0.396 e. The van der Waals surface area contributed by atoms with Gasteiger partial charge in [-0.3, -0.25) is 0 Å². The highest BCUT2D eigenvalue weighted by Gasteiger charge is 2.46. The van der Waals surface area contributed by atoms with Gasteiger partial charge in [-0.2, -0.15) is 13.2 Å². The molecule has 1 N–H and O–H groups in total. The van der Waals surface area contributed by atoms with Gasteiger partial charge in [-0.25, -0.2) is 0 Å². The van der Waals surface area contributed by atoms with Crippen molar-refractivity contribution in [3.05, 3.63) is 0 Å². The molecule has 0 radical (unpaired) electrons. The maximum Gasteiger partial charge on any atom is 0.394 e. The zero-order chi connectivity index (χ0) is 9.28. The molecule has 0 aromatic heterocycles. The first-order valence-electron chi connectivity index (χ1n) is 3.37. The molecule has 11 heavy (non-hydrogen) atoms. The molecule has 0 heterocycles. The van der Waals surface area contributed by atoms with E-state index in [1.807, 2.05) is 0 Å². The molecule has 0 aromatic rings. The standard InChI is InChI=1S/C7H13F3O/c1-6(2,3)5(4-11)7(8,9)10/h5,11H,4H2,1-3H3. The van der Waals surface area contributed by atoms with Gasteiger partial charge < -0.3 is 5.11 Å². The van der Waals surface area contributed by atoms with Crippen molar-refractivity contribution in [1.82, 2.24) is 0 Å². The van der Waals surface area contributed by atoms with E-state index in [-0.39, 0.29) is 0 Å². The lowest BCUT2D eigenvalue weighted by Crippen LogP contribution is -2.37. The van der Waals surface area contributed by atoms with E-state index >= 15 is 0 Å². The van der Waals surface area contributed by atoms with Crippen LogP contribution < -0.4 is 0 Å². The van der Waals surface area contributed by atoms with Gasteiger partial charge in [0.2, 0.25) is 0 Å². The van der Waals surface area contributed by atoms with Crippen LogP contribution in [0.15, 0.2) is 0 Å². The Balaban J connectivity index is 4.43. The second kappa shape index (κ2) is 3.01. The average molecular weight is 170 g/mol. The lowest BCUT2D eigenvalue weighted by atomic mass is 9.81. The Morgan fingerprint density at radius 1 is 1.18 bits per heavy atom. The molecule has 0 saturated carbocycles. The van der Waals surface area contributed by atoms with Crippen LogP contribution in [-0.4, -0.2) is 17.9 Å². The largest absolute Gasteiger partial charge is 0.396 e. The van der Waals surface area contributed by atoms with Crippen LogP contribution in [0.25, 0.3) is 0 Å². The fraction of sp³-hybridized carbons (Fsp3) is 1.00. The maximum atomic E-state index is 12.1. The summed E-state index contributed by atoms with van der Waals surface area (Å²) >= 11 is 0. The molecule has 0 spiro atoms. The number of hydrogen-bond acceptors (Lipinski definition) is 1. The van der Waals surface area contributed by atoms with Crippen molar-refractivity contribution in [2.24, 2.45) is 11.3 Å². The molecule has 0 fully saturated rings. The molecule has 0 bridgehead atoms. The fourth-order valence-electron chi connectivity index (χ4n) is 0.868. The third kappa shape index (κ3) is 3.10. The van der Waals surface area contributed by atoms with Crippen molar-refractivity contribution >= 4 is 0 Å². The zero-order valence-electron chi connectivity index (χ0n) is 6.87. The van der Waals surface area contributed by atoms with Crippen LogP contribution in [0.5, 0.6) is 0 Å². The minimum absolute atomic E-state index is 0.840. The maximum absolute atomic E-state index is 12.1. The number of hydrogen-bond donors (Lipinski definition) is 1. The average Bonchev–Trinajstić information content (AvgIpc) is 1.56. The first-order valence-corrected chi connectivity index (χ1v) is 3.37. The van der Waals surface area contributed by atoms with Gasteiger partial charge in [0.1, 0.15) is 0 Å². The van der Waals surface area contributed by atoms with Gasteiger partial charge in [0.25, 0.3) is 0 Å². The van der Waals surface area contributed by atoms with E-state index in [1.165, 1.54) is 20.8 Å². The summed E-state index contributed by atoms with van der Waals surface area (Å²) in [5.74, 6) is -1.63. The quantitative estimate of drug-likeness (QED) is 0.639. The van der Waals surface area contributed by atoms with Crippen LogP contribution >= 0.6 is 0 Å².